The molecule has 2 heteroatoms. The highest BCUT2D eigenvalue weighted by Crippen LogP contribution is 2.20. The molecule has 0 atom stereocenters. The molecule has 0 aliphatic carbocycles. The Morgan fingerprint density at radius 3 is 2.15 bits per heavy atom. The van der Waals surface area contributed by atoms with Gasteiger partial charge in [-0.15, -0.1) is 0 Å². The third-order valence-corrected chi connectivity index (χ3v) is 3.05. The summed E-state index contributed by atoms with van der Waals surface area (Å²) in [7, 11) is 9.09. The van der Waals surface area contributed by atoms with E-state index in [0.29, 0.717) is 0 Å². The van der Waals surface area contributed by atoms with Crippen molar-refractivity contribution in [2.24, 2.45) is 5.92 Å². The molecule has 0 saturated carbocycles. The molecule has 0 unspecified atom stereocenters. The van der Waals surface area contributed by atoms with E-state index >= 15 is 0 Å². The van der Waals surface area contributed by atoms with E-state index in [2.05, 4.69) is 33.1 Å². The fraction of sp³-hybridized carbons (Fsp3) is 1.00. The van der Waals surface area contributed by atoms with Crippen LogP contribution in [0.4, 0.5) is 0 Å². The molecular formula is C11H25N2+. The van der Waals surface area contributed by atoms with Crippen LogP contribution in [0.5, 0.6) is 0 Å². The maximum absolute atomic E-state index is 2.45. The van der Waals surface area contributed by atoms with Crippen LogP contribution in [0.2, 0.25) is 0 Å². The minimum Gasteiger partial charge on any atom is -0.331 e. The Hall–Kier alpha value is -0.0800. The summed E-state index contributed by atoms with van der Waals surface area (Å²) in [5.41, 5.74) is 0. The molecule has 0 radical (unpaired) electrons. The molecular weight excluding hydrogens is 160 g/mol. The normalized spacial score (nSPS) is 22.2. The molecule has 78 valence electrons. The number of quaternary nitrogens is 1. The lowest BCUT2D eigenvalue weighted by Gasteiger charge is -2.31. The molecule has 0 bridgehead atoms. The van der Waals surface area contributed by atoms with E-state index in [9.17, 15) is 0 Å². The zero-order valence-electron chi connectivity index (χ0n) is 9.71. The summed E-state index contributed by atoms with van der Waals surface area (Å²) in [5, 5.41) is 0. The highest BCUT2D eigenvalue weighted by molar-refractivity contribution is 4.69. The molecule has 1 saturated heterocycles. The Morgan fingerprint density at radius 1 is 1.15 bits per heavy atom. The van der Waals surface area contributed by atoms with Crippen molar-refractivity contribution in [3.05, 3.63) is 0 Å². The predicted molar refractivity (Wildman–Crippen MR) is 57.7 cm³/mol. The van der Waals surface area contributed by atoms with Crippen molar-refractivity contribution in [1.29, 1.82) is 0 Å². The molecule has 1 fully saturated rings. The number of likely N-dealkylation sites (tertiary alicyclic amines) is 1. The van der Waals surface area contributed by atoms with Crippen molar-refractivity contribution < 1.29 is 4.48 Å². The second-order valence-electron chi connectivity index (χ2n) is 5.55. The van der Waals surface area contributed by atoms with Crippen LogP contribution in [-0.4, -0.2) is 57.2 Å². The summed E-state index contributed by atoms with van der Waals surface area (Å²) < 4.78 is 1.12. The van der Waals surface area contributed by atoms with Crippen molar-refractivity contribution in [3.63, 3.8) is 0 Å². The number of rotatable bonds is 3. The van der Waals surface area contributed by atoms with Gasteiger partial charge in [0.25, 0.3) is 0 Å². The summed E-state index contributed by atoms with van der Waals surface area (Å²) in [6.07, 6.45) is 4.24. The van der Waals surface area contributed by atoms with Crippen LogP contribution in [0.25, 0.3) is 0 Å². The van der Waals surface area contributed by atoms with Gasteiger partial charge in [0.15, 0.2) is 0 Å². The molecule has 13 heavy (non-hydrogen) atoms. The molecule has 0 spiro atoms. The SMILES string of the molecule is CN1CCC(CC[N+](C)(C)C)CC1. The smallest absolute Gasteiger partial charge is 0.0783 e. The molecule has 1 aliphatic heterocycles. The third kappa shape index (κ3) is 4.63. The first-order valence-corrected chi connectivity index (χ1v) is 5.46. The van der Waals surface area contributed by atoms with Gasteiger partial charge < -0.3 is 9.38 Å². The number of piperidine rings is 1. The largest absolute Gasteiger partial charge is 0.331 e. The van der Waals surface area contributed by atoms with Gasteiger partial charge >= 0.3 is 0 Å². The minimum atomic E-state index is 0.994. The molecule has 1 heterocycles. The lowest BCUT2D eigenvalue weighted by molar-refractivity contribution is -0.871. The maximum atomic E-state index is 2.45. The van der Waals surface area contributed by atoms with Gasteiger partial charge in [-0.3, -0.25) is 0 Å². The molecule has 0 aromatic heterocycles. The maximum Gasteiger partial charge on any atom is 0.0783 e. The monoisotopic (exact) mass is 185 g/mol. The lowest BCUT2D eigenvalue weighted by Crippen LogP contribution is -2.38. The van der Waals surface area contributed by atoms with Gasteiger partial charge in [-0.2, -0.15) is 0 Å². The average molecular weight is 185 g/mol. The van der Waals surface area contributed by atoms with Crippen LogP contribution in [0, 0.1) is 5.92 Å². The predicted octanol–water partition coefficient (Wildman–Crippen LogP) is 1.42. The summed E-state index contributed by atoms with van der Waals surface area (Å²) >= 11 is 0. The van der Waals surface area contributed by atoms with Crippen LogP contribution in [-0.2, 0) is 0 Å². The first-order chi connectivity index (χ1) is 5.97. The molecule has 1 rings (SSSR count). The van der Waals surface area contributed by atoms with Gasteiger partial charge in [0.2, 0.25) is 0 Å². The van der Waals surface area contributed by atoms with Crippen molar-refractivity contribution in [2.75, 3.05) is 47.8 Å². The quantitative estimate of drug-likeness (QED) is 0.601. The molecule has 0 aromatic rings. The Morgan fingerprint density at radius 2 is 1.69 bits per heavy atom. The molecule has 0 aromatic carbocycles. The first kappa shape index (κ1) is 11.0. The van der Waals surface area contributed by atoms with Gasteiger partial charge in [-0.05, 0) is 45.3 Å². The van der Waals surface area contributed by atoms with E-state index in [1.54, 1.807) is 0 Å². The third-order valence-electron chi connectivity index (χ3n) is 3.05. The summed E-state index contributed by atoms with van der Waals surface area (Å²) in [6, 6.07) is 0. The molecule has 2 nitrogen and oxygen atoms in total. The second kappa shape index (κ2) is 4.43. The highest BCUT2D eigenvalue weighted by Gasteiger charge is 2.18. The number of hydrogen-bond donors (Lipinski definition) is 0. The number of hydrogen-bond acceptors (Lipinski definition) is 1. The summed E-state index contributed by atoms with van der Waals surface area (Å²) in [4.78, 5) is 2.45. The van der Waals surface area contributed by atoms with Gasteiger partial charge in [-0.1, -0.05) is 0 Å². The van der Waals surface area contributed by atoms with Gasteiger partial charge in [0.05, 0.1) is 27.7 Å². The van der Waals surface area contributed by atoms with Crippen molar-refractivity contribution in [3.8, 4) is 0 Å². The van der Waals surface area contributed by atoms with Crippen LogP contribution in [0.3, 0.4) is 0 Å². The van der Waals surface area contributed by atoms with Gasteiger partial charge in [-0.25, -0.2) is 0 Å². The summed E-state index contributed by atoms with van der Waals surface area (Å²) in [6.45, 7) is 3.94. The fourth-order valence-electron chi connectivity index (χ4n) is 1.92. The Bertz CT molecular complexity index is 141. The van der Waals surface area contributed by atoms with Gasteiger partial charge in [0.1, 0.15) is 0 Å². The first-order valence-electron chi connectivity index (χ1n) is 5.46. The van der Waals surface area contributed by atoms with Crippen LogP contribution in [0.15, 0.2) is 0 Å². The minimum absolute atomic E-state index is 0.994. The van der Waals surface area contributed by atoms with E-state index in [0.717, 1.165) is 10.4 Å². The zero-order chi connectivity index (χ0) is 9.90. The standard InChI is InChI=1S/C11H25N2/c1-12-8-5-11(6-9-12)7-10-13(2,3)4/h11H,5-10H2,1-4H3/q+1. The highest BCUT2D eigenvalue weighted by atomic mass is 15.3. The molecule has 1 aliphatic rings. The second-order valence-corrected chi connectivity index (χ2v) is 5.55. The van der Waals surface area contributed by atoms with E-state index < -0.39 is 0 Å². The van der Waals surface area contributed by atoms with Crippen LogP contribution >= 0.6 is 0 Å². The van der Waals surface area contributed by atoms with E-state index in [4.69, 9.17) is 0 Å². The van der Waals surface area contributed by atoms with Gasteiger partial charge in [0, 0.05) is 0 Å². The Labute approximate surface area is 83.1 Å². The molecule has 0 amide bonds. The Kier molecular flexibility index (Phi) is 3.74. The molecule has 0 N–H and O–H groups in total. The van der Waals surface area contributed by atoms with E-state index in [-0.39, 0.29) is 0 Å². The van der Waals surface area contributed by atoms with Crippen LogP contribution in [0.1, 0.15) is 19.3 Å². The van der Waals surface area contributed by atoms with Crippen molar-refractivity contribution in [1.82, 2.24) is 4.90 Å². The Balaban J connectivity index is 2.16. The zero-order valence-corrected chi connectivity index (χ0v) is 9.71. The van der Waals surface area contributed by atoms with Crippen LogP contribution < -0.4 is 0 Å². The average Bonchev–Trinajstić information content (AvgIpc) is 2.02. The van der Waals surface area contributed by atoms with Crippen molar-refractivity contribution in [2.45, 2.75) is 19.3 Å². The van der Waals surface area contributed by atoms with E-state index in [1.807, 2.05) is 0 Å². The van der Waals surface area contributed by atoms with Crippen molar-refractivity contribution >= 4 is 0 Å². The number of nitrogens with zero attached hydrogens (tertiary/aromatic N) is 2. The lowest BCUT2D eigenvalue weighted by atomic mass is 9.93. The fourth-order valence-corrected chi connectivity index (χ4v) is 1.92. The summed E-state index contributed by atoms with van der Waals surface area (Å²) in [5.74, 6) is 0.994. The topological polar surface area (TPSA) is 3.24 Å². The van der Waals surface area contributed by atoms with E-state index in [1.165, 1.54) is 38.9 Å².